The molecule has 1 amide bonds. The van der Waals surface area contributed by atoms with Crippen molar-refractivity contribution in [1.29, 1.82) is 0 Å². The number of hydrogen-bond acceptors (Lipinski definition) is 4. The highest BCUT2D eigenvalue weighted by Crippen LogP contribution is 2.32. The lowest BCUT2D eigenvalue weighted by molar-refractivity contribution is 0.0997. The van der Waals surface area contributed by atoms with Crippen molar-refractivity contribution < 1.29 is 18.7 Å². The number of terminal acetylenes is 1. The summed E-state index contributed by atoms with van der Waals surface area (Å²) in [5.41, 5.74) is 1.11. The van der Waals surface area contributed by atoms with Crippen molar-refractivity contribution in [3.63, 3.8) is 0 Å². The van der Waals surface area contributed by atoms with Crippen LogP contribution in [0.2, 0.25) is 0 Å². The molecule has 1 aliphatic rings. The van der Waals surface area contributed by atoms with Gasteiger partial charge in [-0.05, 0) is 36.4 Å². The molecule has 0 atom stereocenters. The number of ether oxygens (including phenoxy) is 2. The second-order valence-corrected chi connectivity index (χ2v) is 6.28. The number of amides is 1. The molecule has 0 saturated heterocycles. The lowest BCUT2D eigenvalue weighted by Gasteiger charge is -2.00. The van der Waals surface area contributed by atoms with E-state index < -0.39 is 5.91 Å². The lowest BCUT2D eigenvalue weighted by Crippen LogP contribution is -2.16. The van der Waals surface area contributed by atoms with Gasteiger partial charge in [-0.1, -0.05) is 17.3 Å². The molecule has 124 valence electrons. The summed E-state index contributed by atoms with van der Waals surface area (Å²) in [6.45, 7) is 0.368. The van der Waals surface area contributed by atoms with E-state index in [1.165, 1.54) is 23.5 Å². The Morgan fingerprint density at radius 1 is 1.28 bits per heavy atom. The first kappa shape index (κ1) is 15.4. The van der Waals surface area contributed by atoms with Crippen LogP contribution in [0.3, 0.4) is 0 Å². The van der Waals surface area contributed by atoms with Gasteiger partial charge in [0.25, 0.3) is 5.91 Å². The minimum Gasteiger partial charge on any atom is -0.454 e. The summed E-state index contributed by atoms with van der Waals surface area (Å²) in [5.74, 6) is 2.85. The SMILES string of the molecule is C#CCn1c(=NC(=O)c2ccc3c(c2)OCO3)sc2cc(F)ccc21. The molecule has 7 heteroatoms. The van der Waals surface area contributed by atoms with Crippen LogP contribution in [0.1, 0.15) is 10.4 Å². The number of thiazole rings is 1. The number of carbonyl (C=O) groups excluding carboxylic acids is 1. The number of benzene rings is 2. The number of rotatable bonds is 2. The van der Waals surface area contributed by atoms with Crippen LogP contribution in [-0.2, 0) is 6.54 Å². The van der Waals surface area contributed by atoms with Gasteiger partial charge in [-0.3, -0.25) is 4.79 Å². The predicted octanol–water partition coefficient (Wildman–Crippen LogP) is 2.94. The van der Waals surface area contributed by atoms with Crippen LogP contribution in [0.25, 0.3) is 10.2 Å². The standard InChI is InChI=1S/C18H11FN2O3S/c1-2-7-21-13-5-4-12(19)9-16(13)25-18(21)20-17(22)11-3-6-14-15(8-11)24-10-23-14/h1,3-6,8-9H,7,10H2. The first-order chi connectivity index (χ1) is 12.2. The van der Waals surface area contributed by atoms with Crippen molar-refractivity contribution >= 4 is 27.5 Å². The van der Waals surface area contributed by atoms with E-state index in [0.29, 0.717) is 26.6 Å². The van der Waals surface area contributed by atoms with E-state index in [4.69, 9.17) is 15.9 Å². The maximum absolute atomic E-state index is 13.5. The van der Waals surface area contributed by atoms with E-state index in [1.54, 1.807) is 28.8 Å². The van der Waals surface area contributed by atoms with Crippen LogP contribution in [0.5, 0.6) is 11.5 Å². The molecule has 0 radical (unpaired) electrons. The van der Waals surface area contributed by atoms with Crippen LogP contribution < -0.4 is 14.3 Å². The molecule has 1 aliphatic heterocycles. The highest BCUT2D eigenvalue weighted by molar-refractivity contribution is 7.16. The Balaban J connectivity index is 1.81. The monoisotopic (exact) mass is 354 g/mol. The fraction of sp³-hybridized carbons (Fsp3) is 0.111. The number of halogens is 1. The zero-order chi connectivity index (χ0) is 17.4. The third-order valence-corrected chi connectivity index (χ3v) is 4.75. The zero-order valence-electron chi connectivity index (χ0n) is 12.9. The smallest absolute Gasteiger partial charge is 0.279 e. The Morgan fingerprint density at radius 3 is 2.96 bits per heavy atom. The second-order valence-electron chi connectivity index (χ2n) is 5.27. The van der Waals surface area contributed by atoms with Gasteiger partial charge in [0, 0.05) is 5.56 Å². The van der Waals surface area contributed by atoms with Gasteiger partial charge in [0.2, 0.25) is 6.79 Å². The normalized spacial score (nSPS) is 13.2. The summed E-state index contributed by atoms with van der Waals surface area (Å²) in [4.78, 5) is 17.1. The first-order valence-electron chi connectivity index (χ1n) is 7.37. The number of aromatic nitrogens is 1. The van der Waals surface area contributed by atoms with Crippen LogP contribution >= 0.6 is 11.3 Å². The lowest BCUT2D eigenvalue weighted by atomic mass is 10.2. The molecule has 0 bridgehead atoms. The molecular formula is C18H11FN2O3S. The maximum Gasteiger partial charge on any atom is 0.279 e. The summed E-state index contributed by atoms with van der Waals surface area (Å²) in [6.07, 6.45) is 5.42. The van der Waals surface area contributed by atoms with Gasteiger partial charge >= 0.3 is 0 Å². The van der Waals surface area contributed by atoms with E-state index in [2.05, 4.69) is 10.9 Å². The molecule has 2 aromatic carbocycles. The summed E-state index contributed by atoms with van der Waals surface area (Å²) in [6, 6.07) is 9.26. The molecule has 0 saturated carbocycles. The fourth-order valence-electron chi connectivity index (χ4n) is 2.56. The van der Waals surface area contributed by atoms with Crippen molar-refractivity contribution in [3.8, 4) is 23.8 Å². The predicted molar refractivity (Wildman–Crippen MR) is 91.1 cm³/mol. The second kappa shape index (κ2) is 6.07. The molecule has 0 N–H and O–H groups in total. The van der Waals surface area contributed by atoms with E-state index >= 15 is 0 Å². The molecule has 0 unspecified atom stereocenters. The summed E-state index contributed by atoms with van der Waals surface area (Å²) < 4.78 is 26.3. The average Bonchev–Trinajstić information content (AvgIpc) is 3.19. The molecular weight excluding hydrogens is 343 g/mol. The van der Waals surface area contributed by atoms with Gasteiger partial charge in [0.05, 0.1) is 16.8 Å². The van der Waals surface area contributed by atoms with Crippen molar-refractivity contribution in [3.05, 3.63) is 52.6 Å². The van der Waals surface area contributed by atoms with E-state index in [1.807, 2.05) is 0 Å². The van der Waals surface area contributed by atoms with Crippen LogP contribution in [0.15, 0.2) is 41.4 Å². The number of carbonyl (C=O) groups is 1. The largest absolute Gasteiger partial charge is 0.454 e. The number of hydrogen-bond donors (Lipinski definition) is 0. The Morgan fingerprint density at radius 2 is 2.12 bits per heavy atom. The molecule has 0 fully saturated rings. The summed E-state index contributed by atoms with van der Waals surface area (Å²) >= 11 is 1.21. The van der Waals surface area contributed by atoms with Crippen molar-refractivity contribution in [2.24, 2.45) is 4.99 Å². The fourth-order valence-corrected chi connectivity index (χ4v) is 3.61. The summed E-state index contributed by atoms with van der Waals surface area (Å²) in [5, 5.41) is 0. The molecule has 4 rings (SSSR count). The molecule has 0 spiro atoms. The molecule has 25 heavy (non-hydrogen) atoms. The molecule has 2 heterocycles. The van der Waals surface area contributed by atoms with Crippen molar-refractivity contribution in [1.82, 2.24) is 4.57 Å². The van der Waals surface area contributed by atoms with E-state index in [-0.39, 0.29) is 19.2 Å². The average molecular weight is 354 g/mol. The quantitative estimate of drug-likeness (QED) is 0.665. The van der Waals surface area contributed by atoms with Crippen molar-refractivity contribution in [2.75, 3.05) is 6.79 Å². The maximum atomic E-state index is 13.5. The molecule has 3 aromatic rings. The van der Waals surface area contributed by atoms with Crippen LogP contribution in [-0.4, -0.2) is 17.3 Å². The summed E-state index contributed by atoms with van der Waals surface area (Å²) in [7, 11) is 0. The van der Waals surface area contributed by atoms with Crippen molar-refractivity contribution in [2.45, 2.75) is 6.54 Å². The minimum atomic E-state index is -0.434. The Bertz CT molecular complexity index is 1110. The minimum absolute atomic E-state index is 0.133. The molecule has 1 aromatic heterocycles. The Hall–Kier alpha value is -3.11. The third kappa shape index (κ3) is 2.77. The van der Waals surface area contributed by atoms with Crippen LogP contribution in [0, 0.1) is 18.2 Å². The molecule has 0 aliphatic carbocycles. The van der Waals surface area contributed by atoms with E-state index in [9.17, 15) is 9.18 Å². The van der Waals surface area contributed by atoms with Gasteiger partial charge in [-0.2, -0.15) is 4.99 Å². The number of nitrogens with zero attached hydrogens (tertiary/aromatic N) is 2. The van der Waals surface area contributed by atoms with Gasteiger partial charge in [0.1, 0.15) is 5.82 Å². The first-order valence-corrected chi connectivity index (χ1v) is 8.18. The van der Waals surface area contributed by atoms with E-state index in [0.717, 1.165) is 5.52 Å². The zero-order valence-corrected chi connectivity index (χ0v) is 13.7. The topological polar surface area (TPSA) is 52.8 Å². The van der Waals surface area contributed by atoms with Gasteiger partial charge in [-0.15, -0.1) is 6.42 Å². The third-order valence-electron chi connectivity index (χ3n) is 3.71. The van der Waals surface area contributed by atoms with Crippen LogP contribution in [0.4, 0.5) is 4.39 Å². The van der Waals surface area contributed by atoms with Gasteiger partial charge in [0.15, 0.2) is 16.3 Å². The highest BCUT2D eigenvalue weighted by Gasteiger charge is 2.16. The van der Waals surface area contributed by atoms with Gasteiger partial charge in [-0.25, -0.2) is 4.39 Å². The number of fused-ring (bicyclic) bond motifs is 2. The Labute approximate surface area is 146 Å². The highest BCUT2D eigenvalue weighted by atomic mass is 32.1. The van der Waals surface area contributed by atoms with Gasteiger partial charge < -0.3 is 14.0 Å². The Kier molecular flexibility index (Phi) is 3.75. The molecule has 5 nitrogen and oxygen atoms in total.